The van der Waals surface area contributed by atoms with Crippen LogP contribution in [0.1, 0.15) is 6.92 Å². The van der Waals surface area contributed by atoms with Crippen LogP contribution in [-0.4, -0.2) is 63.7 Å². The minimum atomic E-state index is -1.89. The number of ether oxygens (including phenoxy) is 3. The van der Waals surface area contributed by atoms with E-state index in [4.69, 9.17) is 60.6 Å². The number of nitrogens with one attached hydrogen (secondary N) is 1. The van der Waals surface area contributed by atoms with E-state index in [0.29, 0.717) is 10.7 Å². The van der Waals surface area contributed by atoms with Gasteiger partial charge in [0.25, 0.3) is 11.8 Å². The monoisotopic (exact) mass is 582 g/mol. The number of carbonyl (C=O) groups excluding carboxylic acids is 4. The normalized spacial score (nSPS) is 20.7. The number of nitrogens with zero attached hydrogens (tertiary/aromatic N) is 1. The second-order valence-electron chi connectivity index (χ2n) is 7.14. The average Bonchev–Trinajstić information content (AvgIpc) is 2.82. The van der Waals surface area contributed by atoms with Gasteiger partial charge < -0.3 is 19.5 Å². The van der Waals surface area contributed by atoms with Gasteiger partial charge in [-0.25, -0.2) is 4.79 Å². The first-order valence-electron chi connectivity index (χ1n) is 9.90. The molecule has 188 valence electrons. The summed E-state index contributed by atoms with van der Waals surface area (Å²) in [6.45, 7) is -0.105. The van der Waals surface area contributed by atoms with Gasteiger partial charge in [0.1, 0.15) is 36.1 Å². The SMILES string of the molecule is CC(=O)OCC1=C(C(=O)OCC(Cl)(Cl)Cl)N2C(=O)C(NC(=O)COc3ccccc3)[C@@H]2SC1=CCl. The smallest absolute Gasteiger partial charge is 0.355 e. The molecule has 0 spiro atoms. The van der Waals surface area contributed by atoms with E-state index in [1.54, 1.807) is 30.3 Å². The third kappa shape index (κ3) is 6.98. The number of β-lactam (4-membered cyclic amide) rings is 1. The summed E-state index contributed by atoms with van der Waals surface area (Å²) in [7, 11) is 0. The highest BCUT2D eigenvalue weighted by Crippen LogP contribution is 2.47. The molecule has 2 aliphatic rings. The number of fused-ring (bicyclic) bond motifs is 1. The summed E-state index contributed by atoms with van der Waals surface area (Å²) in [6.07, 6.45) is 0. The van der Waals surface area contributed by atoms with Gasteiger partial charge in [0, 0.05) is 22.9 Å². The second kappa shape index (κ2) is 11.7. The highest BCUT2D eigenvalue weighted by atomic mass is 35.6. The zero-order valence-corrected chi connectivity index (χ0v) is 21.8. The van der Waals surface area contributed by atoms with E-state index >= 15 is 0 Å². The van der Waals surface area contributed by atoms with Gasteiger partial charge in [-0.15, -0.1) is 0 Å². The van der Waals surface area contributed by atoms with E-state index in [9.17, 15) is 19.2 Å². The molecule has 1 fully saturated rings. The minimum absolute atomic E-state index is 0.135. The minimum Gasteiger partial charge on any atom is -0.484 e. The molecule has 0 bridgehead atoms. The zero-order chi connectivity index (χ0) is 25.8. The van der Waals surface area contributed by atoms with Gasteiger partial charge in [-0.2, -0.15) is 0 Å². The van der Waals surface area contributed by atoms with Crippen LogP contribution in [0.3, 0.4) is 0 Å². The van der Waals surface area contributed by atoms with Gasteiger partial charge in [-0.1, -0.05) is 76.4 Å². The van der Waals surface area contributed by atoms with Gasteiger partial charge >= 0.3 is 11.9 Å². The van der Waals surface area contributed by atoms with Crippen molar-refractivity contribution in [1.29, 1.82) is 0 Å². The molecule has 2 heterocycles. The molecule has 1 saturated heterocycles. The third-order valence-corrected chi connectivity index (χ3v) is 6.64. The first-order valence-corrected chi connectivity index (χ1v) is 12.3. The number of esters is 2. The second-order valence-corrected chi connectivity index (χ2v) is 11.0. The predicted octanol–water partition coefficient (Wildman–Crippen LogP) is 3.28. The van der Waals surface area contributed by atoms with Gasteiger partial charge in [0.05, 0.1) is 0 Å². The molecular formula is C21H18Cl4N2O7S. The Morgan fingerprint density at radius 1 is 1.17 bits per heavy atom. The molecule has 35 heavy (non-hydrogen) atoms. The van der Waals surface area contributed by atoms with Crippen molar-refractivity contribution >= 4 is 81.9 Å². The lowest BCUT2D eigenvalue weighted by Crippen LogP contribution is -2.70. The summed E-state index contributed by atoms with van der Waals surface area (Å²) in [6, 6.07) is 7.69. The predicted molar refractivity (Wildman–Crippen MR) is 131 cm³/mol. The number of thioether (sulfide) groups is 1. The summed E-state index contributed by atoms with van der Waals surface area (Å²) in [5.41, 5.74) is 1.08. The van der Waals surface area contributed by atoms with Crippen LogP contribution in [0.5, 0.6) is 5.75 Å². The zero-order valence-electron chi connectivity index (χ0n) is 18.0. The standard InChI is InChI=1S/C21H18Cl4N2O7S/c1-11(28)32-8-13-14(7-22)35-19-16(26-15(29)9-33-12-5-3-2-4-6-12)18(30)27(19)17(13)20(31)34-10-21(23,24)25/h2-7,16,19H,8-10H2,1H3,(H,26,29)/t16?,19-/m0/s1. The van der Waals surface area contributed by atoms with E-state index in [0.717, 1.165) is 16.7 Å². The highest BCUT2D eigenvalue weighted by Gasteiger charge is 2.55. The molecule has 1 N–H and O–H groups in total. The third-order valence-electron chi connectivity index (χ3n) is 4.62. The van der Waals surface area contributed by atoms with Crippen LogP contribution < -0.4 is 10.1 Å². The molecule has 0 radical (unpaired) electrons. The lowest BCUT2D eigenvalue weighted by Gasteiger charge is -2.50. The number of rotatable bonds is 8. The van der Waals surface area contributed by atoms with Gasteiger partial charge in [-0.05, 0) is 12.1 Å². The summed E-state index contributed by atoms with van der Waals surface area (Å²) >= 11 is 24.1. The molecular weight excluding hydrogens is 566 g/mol. The lowest BCUT2D eigenvalue weighted by atomic mass is 10.0. The van der Waals surface area contributed by atoms with E-state index < -0.39 is 45.6 Å². The van der Waals surface area contributed by atoms with Crippen LogP contribution in [0.2, 0.25) is 0 Å². The molecule has 14 heteroatoms. The van der Waals surface area contributed by atoms with Crippen molar-refractivity contribution in [2.24, 2.45) is 0 Å². The first-order chi connectivity index (χ1) is 16.5. The Balaban J connectivity index is 1.79. The van der Waals surface area contributed by atoms with Crippen LogP contribution in [-0.2, 0) is 28.7 Å². The Morgan fingerprint density at radius 3 is 2.46 bits per heavy atom. The van der Waals surface area contributed by atoms with E-state index in [-0.39, 0.29) is 24.5 Å². The van der Waals surface area contributed by atoms with Crippen molar-refractivity contribution in [2.75, 3.05) is 19.8 Å². The Labute approximate surface area is 224 Å². The van der Waals surface area contributed by atoms with E-state index in [1.807, 2.05) is 0 Å². The largest absolute Gasteiger partial charge is 0.484 e. The Hall–Kier alpha value is -2.11. The quantitative estimate of drug-likeness (QED) is 0.282. The van der Waals surface area contributed by atoms with Crippen molar-refractivity contribution < 1.29 is 33.4 Å². The molecule has 9 nitrogen and oxygen atoms in total. The molecule has 1 aromatic rings. The summed E-state index contributed by atoms with van der Waals surface area (Å²) in [5.74, 6) is -2.26. The van der Waals surface area contributed by atoms with Crippen LogP contribution >= 0.6 is 58.2 Å². The molecule has 2 atom stereocenters. The number of halogens is 4. The molecule has 0 saturated carbocycles. The van der Waals surface area contributed by atoms with Crippen LogP contribution in [0.15, 0.2) is 52.0 Å². The van der Waals surface area contributed by atoms with Crippen LogP contribution in [0, 0.1) is 0 Å². The fourth-order valence-corrected chi connectivity index (χ4v) is 4.84. The average molecular weight is 584 g/mol. The number of para-hydroxylation sites is 1. The fourth-order valence-electron chi connectivity index (χ4n) is 3.14. The number of carbonyl (C=O) groups is 4. The van der Waals surface area contributed by atoms with Gasteiger partial charge in [0.15, 0.2) is 6.61 Å². The van der Waals surface area contributed by atoms with Crippen LogP contribution in [0.25, 0.3) is 0 Å². The van der Waals surface area contributed by atoms with E-state index in [2.05, 4.69) is 5.32 Å². The Morgan fingerprint density at radius 2 is 1.86 bits per heavy atom. The number of amides is 2. The van der Waals surface area contributed by atoms with Crippen molar-refractivity contribution in [3.8, 4) is 5.75 Å². The molecule has 1 aromatic carbocycles. The number of hydrogen-bond acceptors (Lipinski definition) is 8. The van der Waals surface area contributed by atoms with Crippen molar-refractivity contribution in [1.82, 2.24) is 10.2 Å². The highest BCUT2D eigenvalue weighted by molar-refractivity contribution is 8.04. The molecule has 0 aromatic heterocycles. The molecule has 2 aliphatic heterocycles. The lowest BCUT2D eigenvalue weighted by molar-refractivity contribution is -0.153. The van der Waals surface area contributed by atoms with Crippen LogP contribution in [0.4, 0.5) is 0 Å². The van der Waals surface area contributed by atoms with Crippen molar-refractivity contribution in [3.63, 3.8) is 0 Å². The topological polar surface area (TPSA) is 111 Å². The first kappa shape index (κ1) is 27.5. The number of hydrogen-bond donors (Lipinski definition) is 1. The number of alkyl halides is 3. The maximum Gasteiger partial charge on any atom is 0.355 e. The molecule has 3 rings (SSSR count). The fraction of sp³-hybridized carbons (Fsp3) is 0.333. The molecule has 2 amide bonds. The maximum absolute atomic E-state index is 13.0. The van der Waals surface area contributed by atoms with Gasteiger partial charge in [0.2, 0.25) is 3.79 Å². The Kier molecular flexibility index (Phi) is 9.22. The maximum atomic E-state index is 13.0. The summed E-state index contributed by atoms with van der Waals surface area (Å²) < 4.78 is 13.6. The van der Waals surface area contributed by atoms with Crippen molar-refractivity contribution in [3.05, 3.63) is 52.0 Å². The Bertz CT molecular complexity index is 1080. The molecule has 1 unspecified atom stereocenters. The summed E-state index contributed by atoms with van der Waals surface area (Å²) in [5, 5.41) is 1.86. The number of benzene rings is 1. The van der Waals surface area contributed by atoms with E-state index in [1.165, 1.54) is 12.5 Å². The summed E-state index contributed by atoms with van der Waals surface area (Å²) in [4.78, 5) is 51.1. The molecule has 0 aliphatic carbocycles. The van der Waals surface area contributed by atoms with Gasteiger partial charge in [-0.3, -0.25) is 19.3 Å². The van der Waals surface area contributed by atoms with Crippen molar-refractivity contribution in [2.45, 2.75) is 22.1 Å².